The van der Waals surface area contributed by atoms with Gasteiger partial charge in [0.2, 0.25) is 5.91 Å². The first-order valence-electron chi connectivity index (χ1n) is 13.3. The molecule has 2 amide bonds. The van der Waals surface area contributed by atoms with Gasteiger partial charge >= 0.3 is 0 Å². The van der Waals surface area contributed by atoms with E-state index in [9.17, 15) is 9.59 Å². The third-order valence-corrected chi connectivity index (χ3v) is 7.93. The first kappa shape index (κ1) is 24.0. The maximum Gasteiger partial charge on any atom is 0.253 e. The predicted octanol–water partition coefficient (Wildman–Crippen LogP) is 3.67. The quantitative estimate of drug-likeness (QED) is 0.634. The van der Waals surface area contributed by atoms with Crippen LogP contribution in [0.25, 0.3) is 0 Å². The number of benzene rings is 2. The van der Waals surface area contributed by atoms with Gasteiger partial charge in [0.15, 0.2) is 0 Å². The summed E-state index contributed by atoms with van der Waals surface area (Å²) in [7, 11) is 0. The number of likely N-dealkylation sites (tertiary alicyclic amines) is 3. The Morgan fingerprint density at radius 3 is 2.11 bits per heavy atom. The standard InChI is InChI=1S/C29H38N4O2/c34-28(30-20-23-12-14-25(15-13-23)29(35)31-16-4-5-17-31)22-33-19-7-11-27(33)26-10-6-18-32(26)21-24-8-2-1-3-9-24/h1-3,8-9,12-15,26-27H,4-7,10-11,16-22H2,(H,30,34). The van der Waals surface area contributed by atoms with Crippen LogP contribution in [0.3, 0.4) is 0 Å². The van der Waals surface area contributed by atoms with E-state index in [4.69, 9.17) is 0 Å². The number of rotatable bonds is 8. The Kier molecular flexibility index (Phi) is 7.79. The molecule has 1 N–H and O–H groups in total. The predicted molar refractivity (Wildman–Crippen MR) is 138 cm³/mol. The van der Waals surface area contributed by atoms with Gasteiger partial charge in [-0.1, -0.05) is 42.5 Å². The molecule has 3 saturated heterocycles. The number of amides is 2. The molecule has 186 valence electrons. The molecule has 0 aliphatic carbocycles. The van der Waals surface area contributed by atoms with Crippen molar-refractivity contribution in [1.29, 1.82) is 0 Å². The van der Waals surface area contributed by atoms with Crippen LogP contribution >= 0.6 is 0 Å². The van der Waals surface area contributed by atoms with E-state index in [0.29, 0.717) is 25.2 Å². The molecule has 2 atom stereocenters. The van der Waals surface area contributed by atoms with E-state index >= 15 is 0 Å². The highest BCUT2D eigenvalue weighted by atomic mass is 16.2. The maximum atomic E-state index is 12.8. The molecule has 6 nitrogen and oxygen atoms in total. The number of nitrogens with zero attached hydrogens (tertiary/aromatic N) is 3. The van der Waals surface area contributed by atoms with Crippen LogP contribution in [0.1, 0.15) is 60.0 Å². The normalized spacial score (nSPS) is 23.1. The van der Waals surface area contributed by atoms with Crippen molar-refractivity contribution in [1.82, 2.24) is 20.0 Å². The van der Waals surface area contributed by atoms with E-state index in [-0.39, 0.29) is 11.8 Å². The Balaban J connectivity index is 1.11. The van der Waals surface area contributed by atoms with Gasteiger partial charge in [-0.15, -0.1) is 0 Å². The fourth-order valence-electron chi connectivity index (χ4n) is 6.09. The van der Waals surface area contributed by atoms with Gasteiger partial charge in [-0.3, -0.25) is 19.4 Å². The highest BCUT2D eigenvalue weighted by Crippen LogP contribution is 2.31. The molecule has 0 aromatic heterocycles. The van der Waals surface area contributed by atoms with Gasteiger partial charge in [-0.05, 0) is 74.9 Å². The molecule has 2 aromatic carbocycles. The maximum absolute atomic E-state index is 12.8. The number of hydrogen-bond acceptors (Lipinski definition) is 4. The van der Waals surface area contributed by atoms with Crippen LogP contribution in [0.4, 0.5) is 0 Å². The molecule has 3 heterocycles. The summed E-state index contributed by atoms with van der Waals surface area (Å²) in [6.07, 6.45) is 7.00. The molecule has 0 radical (unpaired) electrons. The fraction of sp³-hybridized carbons (Fsp3) is 0.517. The van der Waals surface area contributed by atoms with Gasteiger partial charge < -0.3 is 10.2 Å². The SMILES string of the molecule is O=C(CN1CCCC1C1CCCN1Cc1ccccc1)NCc1ccc(C(=O)N2CCCC2)cc1. The third-order valence-electron chi connectivity index (χ3n) is 7.93. The van der Waals surface area contributed by atoms with Crippen LogP contribution in [0.15, 0.2) is 54.6 Å². The summed E-state index contributed by atoms with van der Waals surface area (Å²) in [4.78, 5) is 32.3. The van der Waals surface area contributed by atoms with Crippen molar-refractivity contribution in [3.8, 4) is 0 Å². The molecule has 0 spiro atoms. The van der Waals surface area contributed by atoms with Gasteiger partial charge in [0, 0.05) is 43.8 Å². The molecule has 6 heteroatoms. The zero-order chi connectivity index (χ0) is 24.0. The zero-order valence-electron chi connectivity index (χ0n) is 20.7. The Morgan fingerprint density at radius 1 is 0.743 bits per heavy atom. The summed E-state index contributed by atoms with van der Waals surface area (Å²) >= 11 is 0. The van der Waals surface area contributed by atoms with Gasteiger partial charge in [-0.2, -0.15) is 0 Å². The van der Waals surface area contributed by atoms with Crippen molar-refractivity contribution in [2.45, 2.75) is 63.7 Å². The van der Waals surface area contributed by atoms with Crippen molar-refractivity contribution < 1.29 is 9.59 Å². The molecule has 5 rings (SSSR count). The van der Waals surface area contributed by atoms with Gasteiger partial charge in [0.25, 0.3) is 5.91 Å². The molecular formula is C29H38N4O2. The van der Waals surface area contributed by atoms with Crippen LogP contribution in [0, 0.1) is 0 Å². The number of nitrogens with one attached hydrogen (secondary N) is 1. The van der Waals surface area contributed by atoms with Crippen LogP contribution in [0.5, 0.6) is 0 Å². The molecule has 0 saturated carbocycles. The summed E-state index contributed by atoms with van der Waals surface area (Å²) in [5.41, 5.74) is 3.13. The largest absolute Gasteiger partial charge is 0.351 e. The minimum absolute atomic E-state index is 0.0849. The van der Waals surface area contributed by atoms with Crippen molar-refractivity contribution in [2.75, 3.05) is 32.7 Å². The van der Waals surface area contributed by atoms with E-state index in [1.54, 1.807) is 0 Å². The van der Waals surface area contributed by atoms with E-state index < -0.39 is 0 Å². The van der Waals surface area contributed by atoms with Gasteiger partial charge in [-0.25, -0.2) is 0 Å². The molecule has 2 aromatic rings. The van der Waals surface area contributed by atoms with E-state index in [1.807, 2.05) is 29.2 Å². The summed E-state index contributed by atoms with van der Waals surface area (Å²) in [5.74, 6) is 0.202. The number of carbonyl (C=O) groups is 2. The smallest absolute Gasteiger partial charge is 0.253 e. The number of hydrogen-bond donors (Lipinski definition) is 1. The van der Waals surface area contributed by atoms with Gasteiger partial charge in [0.1, 0.15) is 0 Å². The Labute approximate surface area is 209 Å². The molecule has 2 unspecified atom stereocenters. The highest BCUT2D eigenvalue weighted by Gasteiger charge is 2.38. The Hall–Kier alpha value is -2.70. The number of carbonyl (C=O) groups excluding carboxylic acids is 2. The second-order valence-corrected chi connectivity index (χ2v) is 10.3. The second kappa shape index (κ2) is 11.4. The van der Waals surface area contributed by atoms with Crippen molar-refractivity contribution in [2.24, 2.45) is 0 Å². The average Bonchev–Trinajstić information content (AvgIpc) is 3.66. The van der Waals surface area contributed by atoms with E-state index in [0.717, 1.165) is 56.7 Å². The second-order valence-electron chi connectivity index (χ2n) is 10.3. The fourth-order valence-corrected chi connectivity index (χ4v) is 6.09. The van der Waals surface area contributed by atoms with E-state index in [2.05, 4.69) is 45.4 Å². The molecule has 3 fully saturated rings. The average molecular weight is 475 g/mol. The summed E-state index contributed by atoms with van der Waals surface area (Å²) in [6, 6.07) is 19.4. The first-order valence-corrected chi connectivity index (χ1v) is 13.3. The topological polar surface area (TPSA) is 55.9 Å². The minimum Gasteiger partial charge on any atom is -0.351 e. The molecule has 3 aliphatic heterocycles. The highest BCUT2D eigenvalue weighted by molar-refractivity contribution is 5.94. The van der Waals surface area contributed by atoms with Crippen LogP contribution < -0.4 is 5.32 Å². The Bertz CT molecular complexity index is 988. The van der Waals surface area contributed by atoms with Gasteiger partial charge in [0.05, 0.1) is 6.54 Å². The lowest BCUT2D eigenvalue weighted by Gasteiger charge is -2.34. The summed E-state index contributed by atoms with van der Waals surface area (Å²) in [6.45, 7) is 5.83. The monoisotopic (exact) mass is 474 g/mol. The zero-order valence-corrected chi connectivity index (χ0v) is 20.7. The third kappa shape index (κ3) is 5.93. The summed E-state index contributed by atoms with van der Waals surface area (Å²) in [5, 5.41) is 3.10. The molecule has 3 aliphatic rings. The van der Waals surface area contributed by atoms with Crippen molar-refractivity contribution >= 4 is 11.8 Å². The molecule has 35 heavy (non-hydrogen) atoms. The van der Waals surface area contributed by atoms with Crippen molar-refractivity contribution in [3.63, 3.8) is 0 Å². The lowest BCUT2D eigenvalue weighted by molar-refractivity contribution is -0.122. The molecular weight excluding hydrogens is 436 g/mol. The lowest BCUT2D eigenvalue weighted by atomic mass is 10.0. The van der Waals surface area contributed by atoms with E-state index in [1.165, 1.54) is 31.2 Å². The summed E-state index contributed by atoms with van der Waals surface area (Å²) < 4.78 is 0. The van der Waals surface area contributed by atoms with Crippen molar-refractivity contribution in [3.05, 3.63) is 71.3 Å². The minimum atomic E-state index is 0.0849. The van der Waals surface area contributed by atoms with Crippen LogP contribution in [-0.2, 0) is 17.9 Å². The Morgan fingerprint density at radius 2 is 1.40 bits per heavy atom. The lowest BCUT2D eigenvalue weighted by Crippen LogP contribution is -2.48. The molecule has 0 bridgehead atoms. The van der Waals surface area contributed by atoms with Crippen LogP contribution in [-0.4, -0.2) is 71.3 Å². The first-order chi connectivity index (χ1) is 17.2. The van der Waals surface area contributed by atoms with Crippen LogP contribution in [0.2, 0.25) is 0 Å².